The lowest BCUT2D eigenvalue weighted by atomic mass is 10.1. The van der Waals surface area contributed by atoms with Gasteiger partial charge in [0.2, 0.25) is 0 Å². The maximum atomic E-state index is 4.45. The predicted molar refractivity (Wildman–Crippen MR) is 84.8 cm³/mol. The number of hydrogen-bond acceptors (Lipinski definition) is 1. The summed E-state index contributed by atoms with van der Waals surface area (Å²) in [7, 11) is 0. The van der Waals surface area contributed by atoms with Gasteiger partial charge in [0.05, 0.1) is 5.69 Å². The van der Waals surface area contributed by atoms with Crippen LogP contribution in [0.25, 0.3) is 22.9 Å². The Bertz CT molecular complexity index is 742. The second-order valence-corrected chi connectivity index (χ2v) is 5.13. The molecular weight excluding hydrogens is 298 g/mol. The van der Waals surface area contributed by atoms with Gasteiger partial charge in [0.1, 0.15) is 0 Å². The highest BCUT2D eigenvalue weighted by atomic mass is 79.9. The minimum absolute atomic E-state index is 0.994. The lowest BCUT2D eigenvalue weighted by Crippen LogP contribution is -1.83. The molecule has 1 aromatic heterocycles. The van der Waals surface area contributed by atoms with Gasteiger partial charge in [0, 0.05) is 16.1 Å². The maximum absolute atomic E-state index is 4.45. The third kappa shape index (κ3) is 2.59. The average Bonchev–Trinajstić information content (AvgIpc) is 2.46. The van der Waals surface area contributed by atoms with E-state index in [1.165, 1.54) is 10.8 Å². The molecule has 19 heavy (non-hydrogen) atoms. The quantitative estimate of drug-likeness (QED) is 0.636. The van der Waals surface area contributed by atoms with Crippen molar-refractivity contribution in [3.05, 3.63) is 76.5 Å². The number of hydrogen-bond donors (Lipinski definition) is 0. The molecule has 3 aromatic rings. The van der Waals surface area contributed by atoms with E-state index in [1.807, 2.05) is 42.6 Å². The SMILES string of the molecule is Brc1ccccc1C=Cc1nccc2ccccc12. The largest absolute Gasteiger partial charge is 0.256 e. The molecule has 2 heteroatoms. The predicted octanol–water partition coefficient (Wildman–Crippen LogP) is 5.17. The van der Waals surface area contributed by atoms with E-state index in [4.69, 9.17) is 0 Å². The van der Waals surface area contributed by atoms with E-state index < -0.39 is 0 Å². The van der Waals surface area contributed by atoms with Crippen LogP contribution in [-0.2, 0) is 0 Å². The highest BCUT2D eigenvalue weighted by molar-refractivity contribution is 9.10. The topological polar surface area (TPSA) is 12.9 Å². The smallest absolute Gasteiger partial charge is 0.0708 e. The summed E-state index contributed by atoms with van der Waals surface area (Å²) in [6.07, 6.45) is 5.99. The van der Waals surface area contributed by atoms with Crippen LogP contribution in [-0.4, -0.2) is 4.98 Å². The standard InChI is InChI=1S/C17H12BrN/c18-16-8-4-2-6-14(16)9-10-17-15-7-3-1-5-13(15)11-12-19-17/h1-12H. The molecule has 1 heterocycles. The lowest BCUT2D eigenvalue weighted by Gasteiger charge is -2.01. The summed E-state index contributed by atoms with van der Waals surface area (Å²) in [6.45, 7) is 0. The van der Waals surface area contributed by atoms with Crippen molar-refractivity contribution in [2.75, 3.05) is 0 Å². The van der Waals surface area contributed by atoms with Gasteiger partial charge in [-0.15, -0.1) is 0 Å². The van der Waals surface area contributed by atoms with Gasteiger partial charge in [-0.3, -0.25) is 4.98 Å². The van der Waals surface area contributed by atoms with Gasteiger partial charge in [-0.2, -0.15) is 0 Å². The van der Waals surface area contributed by atoms with Crippen LogP contribution < -0.4 is 0 Å². The molecule has 92 valence electrons. The molecule has 0 bridgehead atoms. The van der Waals surface area contributed by atoms with E-state index in [1.54, 1.807) is 0 Å². The number of benzene rings is 2. The highest BCUT2D eigenvalue weighted by Gasteiger charge is 1.98. The van der Waals surface area contributed by atoms with Gasteiger partial charge in [-0.25, -0.2) is 0 Å². The Balaban J connectivity index is 2.04. The molecule has 1 nitrogen and oxygen atoms in total. The summed E-state index contributed by atoms with van der Waals surface area (Å²) in [5.41, 5.74) is 2.14. The summed E-state index contributed by atoms with van der Waals surface area (Å²) < 4.78 is 1.09. The normalized spacial score (nSPS) is 11.2. The molecule has 0 N–H and O–H groups in total. The van der Waals surface area contributed by atoms with Gasteiger partial charge in [-0.1, -0.05) is 64.5 Å². The van der Waals surface area contributed by atoms with E-state index in [2.05, 4.69) is 51.3 Å². The van der Waals surface area contributed by atoms with Crippen molar-refractivity contribution >= 4 is 38.9 Å². The molecule has 0 radical (unpaired) electrons. The fourth-order valence-corrected chi connectivity index (χ4v) is 2.47. The lowest BCUT2D eigenvalue weighted by molar-refractivity contribution is 1.33. The highest BCUT2D eigenvalue weighted by Crippen LogP contribution is 2.21. The van der Waals surface area contributed by atoms with Crippen molar-refractivity contribution < 1.29 is 0 Å². The van der Waals surface area contributed by atoms with Crippen LogP contribution in [0.15, 0.2) is 65.3 Å². The molecule has 0 spiro atoms. The van der Waals surface area contributed by atoms with Gasteiger partial charge >= 0.3 is 0 Å². The Hall–Kier alpha value is -1.93. The summed E-state index contributed by atoms with van der Waals surface area (Å²) in [6, 6.07) is 18.5. The zero-order chi connectivity index (χ0) is 13.1. The molecule has 0 aliphatic rings. The molecular formula is C17H12BrN. The Kier molecular flexibility index (Phi) is 3.43. The first-order valence-corrected chi connectivity index (χ1v) is 6.90. The Morgan fingerprint density at radius 3 is 2.53 bits per heavy atom. The molecule has 0 fully saturated rings. The molecule has 0 amide bonds. The van der Waals surface area contributed by atoms with Crippen molar-refractivity contribution in [3.8, 4) is 0 Å². The third-order valence-electron chi connectivity index (χ3n) is 3.03. The van der Waals surface area contributed by atoms with E-state index in [9.17, 15) is 0 Å². The summed E-state index contributed by atoms with van der Waals surface area (Å²) >= 11 is 3.55. The number of nitrogens with zero attached hydrogens (tertiary/aromatic N) is 1. The van der Waals surface area contributed by atoms with Crippen molar-refractivity contribution in [2.45, 2.75) is 0 Å². The first kappa shape index (κ1) is 12.1. The molecule has 2 aromatic carbocycles. The summed E-state index contributed by atoms with van der Waals surface area (Å²) in [5, 5.41) is 2.39. The molecule has 3 rings (SSSR count). The van der Waals surface area contributed by atoms with Crippen LogP contribution in [0.3, 0.4) is 0 Å². The zero-order valence-corrected chi connectivity index (χ0v) is 11.8. The van der Waals surface area contributed by atoms with Gasteiger partial charge in [-0.05, 0) is 29.2 Å². The summed E-state index contributed by atoms with van der Waals surface area (Å²) in [4.78, 5) is 4.45. The first-order valence-electron chi connectivity index (χ1n) is 6.11. The van der Waals surface area contributed by atoms with Gasteiger partial charge in [0.25, 0.3) is 0 Å². The number of pyridine rings is 1. The van der Waals surface area contributed by atoms with Crippen LogP contribution in [0, 0.1) is 0 Å². The van der Waals surface area contributed by atoms with Crippen LogP contribution in [0.1, 0.15) is 11.3 Å². The summed E-state index contributed by atoms with van der Waals surface area (Å²) in [5.74, 6) is 0. The van der Waals surface area contributed by atoms with Crippen LogP contribution in [0.5, 0.6) is 0 Å². The van der Waals surface area contributed by atoms with E-state index in [0.29, 0.717) is 0 Å². The zero-order valence-electron chi connectivity index (χ0n) is 10.3. The first-order chi connectivity index (χ1) is 9.34. The molecule has 0 unspecified atom stereocenters. The molecule has 0 aliphatic heterocycles. The fourth-order valence-electron chi connectivity index (χ4n) is 2.05. The van der Waals surface area contributed by atoms with E-state index >= 15 is 0 Å². The molecule has 0 saturated heterocycles. The fraction of sp³-hybridized carbons (Fsp3) is 0. The van der Waals surface area contributed by atoms with Gasteiger partial charge < -0.3 is 0 Å². The minimum Gasteiger partial charge on any atom is -0.256 e. The maximum Gasteiger partial charge on any atom is 0.0708 e. The van der Waals surface area contributed by atoms with Crippen molar-refractivity contribution in [2.24, 2.45) is 0 Å². The number of rotatable bonds is 2. The van der Waals surface area contributed by atoms with Crippen LogP contribution in [0.2, 0.25) is 0 Å². The molecule has 0 atom stereocenters. The Labute approximate surface area is 120 Å². The second kappa shape index (κ2) is 5.37. The monoisotopic (exact) mass is 309 g/mol. The minimum atomic E-state index is 0.994. The second-order valence-electron chi connectivity index (χ2n) is 4.27. The molecule has 0 aliphatic carbocycles. The van der Waals surface area contributed by atoms with Crippen LogP contribution >= 0.6 is 15.9 Å². The number of aromatic nitrogens is 1. The van der Waals surface area contributed by atoms with E-state index in [0.717, 1.165) is 15.7 Å². The van der Waals surface area contributed by atoms with Gasteiger partial charge in [0.15, 0.2) is 0 Å². The third-order valence-corrected chi connectivity index (χ3v) is 3.75. The average molecular weight is 310 g/mol. The van der Waals surface area contributed by atoms with Crippen molar-refractivity contribution in [1.29, 1.82) is 0 Å². The number of halogens is 1. The van der Waals surface area contributed by atoms with Crippen molar-refractivity contribution in [1.82, 2.24) is 4.98 Å². The number of fused-ring (bicyclic) bond motifs is 1. The van der Waals surface area contributed by atoms with E-state index in [-0.39, 0.29) is 0 Å². The Morgan fingerprint density at radius 2 is 1.63 bits per heavy atom. The van der Waals surface area contributed by atoms with Crippen LogP contribution in [0.4, 0.5) is 0 Å². The van der Waals surface area contributed by atoms with Crippen molar-refractivity contribution in [3.63, 3.8) is 0 Å². The Morgan fingerprint density at radius 1 is 0.842 bits per heavy atom. The molecule has 0 saturated carbocycles.